The van der Waals surface area contributed by atoms with Gasteiger partial charge in [-0.25, -0.2) is 0 Å². The van der Waals surface area contributed by atoms with Gasteiger partial charge in [-0.3, -0.25) is 10.1 Å². The van der Waals surface area contributed by atoms with E-state index in [0.29, 0.717) is 31.1 Å². The fourth-order valence-corrected chi connectivity index (χ4v) is 1.95. The molecule has 0 atom stereocenters. The largest absolute Gasteiger partial charge is 0.486 e. The monoisotopic (exact) mass is 263 g/mol. The zero-order valence-corrected chi connectivity index (χ0v) is 11.1. The van der Waals surface area contributed by atoms with E-state index in [4.69, 9.17) is 9.47 Å². The highest BCUT2D eigenvalue weighted by atomic mass is 16.6. The Bertz CT molecular complexity index is 508. The first-order chi connectivity index (χ1) is 9.06. The molecule has 19 heavy (non-hydrogen) atoms. The number of allylic oxidation sites excluding steroid dienone is 1. The summed E-state index contributed by atoms with van der Waals surface area (Å²) in [4.78, 5) is 10.7. The van der Waals surface area contributed by atoms with Crippen molar-refractivity contribution in [3.8, 4) is 11.5 Å². The maximum Gasteiger partial charge on any atom is 0.247 e. The van der Waals surface area contributed by atoms with E-state index in [-0.39, 0.29) is 16.5 Å². The predicted octanol–water partition coefficient (Wildman–Crippen LogP) is 3.12. The van der Waals surface area contributed by atoms with Crippen LogP contribution in [0.2, 0.25) is 0 Å². The van der Waals surface area contributed by atoms with Gasteiger partial charge in [-0.2, -0.15) is 0 Å². The molecular formula is C14H17NO4. The van der Waals surface area contributed by atoms with E-state index in [1.807, 2.05) is 13.8 Å². The summed E-state index contributed by atoms with van der Waals surface area (Å²) in [5.74, 6) is 1.58. The molecule has 2 rings (SSSR count). The molecule has 0 bridgehead atoms. The third kappa shape index (κ3) is 3.47. The van der Waals surface area contributed by atoms with E-state index >= 15 is 0 Å². The highest BCUT2D eigenvalue weighted by molar-refractivity contribution is 5.57. The number of nitrogens with zero attached hydrogens (tertiary/aromatic N) is 1. The Labute approximate surface area is 112 Å². The Morgan fingerprint density at radius 3 is 2.68 bits per heavy atom. The number of hydrogen-bond donors (Lipinski definition) is 0. The zero-order chi connectivity index (χ0) is 13.8. The van der Waals surface area contributed by atoms with E-state index in [0.717, 1.165) is 5.56 Å². The lowest BCUT2D eigenvalue weighted by Crippen LogP contribution is -2.15. The Morgan fingerprint density at radius 2 is 2.05 bits per heavy atom. The maximum atomic E-state index is 11.0. The number of hydrogen-bond acceptors (Lipinski definition) is 4. The summed E-state index contributed by atoms with van der Waals surface area (Å²) in [6.07, 6.45) is 2.04. The first-order valence-corrected chi connectivity index (χ1v) is 6.31. The van der Waals surface area contributed by atoms with Crippen LogP contribution < -0.4 is 9.47 Å². The number of nitro groups is 1. The van der Waals surface area contributed by atoms with Gasteiger partial charge in [0.15, 0.2) is 11.5 Å². The summed E-state index contributed by atoms with van der Waals surface area (Å²) >= 11 is 0. The van der Waals surface area contributed by atoms with Crippen molar-refractivity contribution >= 4 is 6.08 Å². The molecule has 0 N–H and O–H groups in total. The molecule has 1 aromatic rings. The predicted molar refractivity (Wildman–Crippen MR) is 71.9 cm³/mol. The molecule has 0 amide bonds. The Morgan fingerprint density at radius 1 is 1.37 bits per heavy atom. The van der Waals surface area contributed by atoms with Crippen LogP contribution in [0.4, 0.5) is 0 Å². The van der Waals surface area contributed by atoms with Crippen molar-refractivity contribution in [1.82, 2.24) is 0 Å². The number of ether oxygens (including phenoxy) is 2. The highest BCUT2D eigenvalue weighted by Gasteiger charge is 2.15. The molecule has 0 unspecified atom stereocenters. The molecule has 1 aliphatic heterocycles. The number of fused-ring (bicyclic) bond motifs is 1. The lowest BCUT2D eigenvalue weighted by Gasteiger charge is -2.18. The summed E-state index contributed by atoms with van der Waals surface area (Å²) in [5.41, 5.74) is 0.975. The van der Waals surface area contributed by atoms with Crippen LogP contribution in [0, 0.1) is 16.0 Å². The quantitative estimate of drug-likeness (QED) is 0.618. The molecule has 1 aromatic carbocycles. The molecule has 0 spiro atoms. The average Bonchev–Trinajstić information content (AvgIpc) is 2.37. The van der Waals surface area contributed by atoms with E-state index in [9.17, 15) is 10.1 Å². The van der Waals surface area contributed by atoms with E-state index < -0.39 is 0 Å². The Kier molecular flexibility index (Phi) is 4.04. The van der Waals surface area contributed by atoms with Crippen LogP contribution in [0.15, 0.2) is 23.9 Å². The molecule has 5 nitrogen and oxygen atoms in total. The van der Waals surface area contributed by atoms with Crippen molar-refractivity contribution in [2.75, 3.05) is 13.2 Å². The molecule has 1 aliphatic rings. The van der Waals surface area contributed by atoms with Gasteiger partial charge < -0.3 is 9.47 Å². The van der Waals surface area contributed by atoms with Crippen LogP contribution >= 0.6 is 0 Å². The van der Waals surface area contributed by atoms with Gasteiger partial charge in [-0.05, 0) is 23.6 Å². The smallest absolute Gasteiger partial charge is 0.247 e. The molecule has 0 fully saturated rings. The second kappa shape index (κ2) is 5.73. The van der Waals surface area contributed by atoms with E-state index in [2.05, 4.69) is 0 Å². The average molecular weight is 263 g/mol. The molecule has 5 heteroatoms. The normalized spacial score (nSPS) is 14.6. The van der Waals surface area contributed by atoms with Crippen LogP contribution in [0.1, 0.15) is 25.8 Å². The molecule has 0 saturated carbocycles. The lowest BCUT2D eigenvalue weighted by molar-refractivity contribution is -0.427. The molecular weight excluding hydrogens is 246 g/mol. The van der Waals surface area contributed by atoms with Crippen molar-refractivity contribution in [2.45, 2.75) is 20.3 Å². The number of rotatable bonds is 4. The zero-order valence-electron chi connectivity index (χ0n) is 11.1. The summed E-state index contributed by atoms with van der Waals surface area (Å²) in [7, 11) is 0. The van der Waals surface area contributed by atoms with Crippen molar-refractivity contribution in [3.63, 3.8) is 0 Å². The van der Waals surface area contributed by atoms with Crippen molar-refractivity contribution in [2.24, 2.45) is 5.92 Å². The molecule has 0 aliphatic carbocycles. The van der Waals surface area contributed by atoms with Crippen molar-refractivity contribution in [1.29, 1.82) is 0 Å². The maximum absolute atomic E-state index is 11.0. The van der Waals surface area contributed by atoms with Gasteiger partial charge >= 0.3 is 0 Å². The van der Waals surface area contributed by atoms with Crippen molar-refractivity contribution in [3.05, 3.63) is 39.6 Å². The second-order valence-corrected chi connectivity index (χ2v) is 4.89. The van der Waals surface area contributed by atoms with Gasteiger partial charge in [-0.15, -0.1) is 0 Å². The number of benzene rings is 1. The molecule has 102 valence electrons. The first-order valence-electron chi connectivity index (χ1n) is 6.31. The minimum Gasteiger partial charge on any atom is -0.486 e. The minimum absolute atomic E-state index is 0.215. The SMILES string of the molecule is CC(C)C/C(=C\c1ccc2c(c1)OCCO2)[N+](=O)[O-]. The van der Waals surface area contributed by atoms with Gasteiger partial charge in [0.1, 0.15) is 13.2 Å². The molecule has 0 radical (unpaired) electrons. The van der Waals surface area contributed by atoms with Crippen molar-refractivity contribution < 1.29 is 14.4 Å². The third-order valence-electron chi connectivity index (χ3n) is 2.75. The van der Waals surface area contributed by atoms with Gasteiger partial charge in [-0.1, -0.05) is 19.9 Å². The van der Waals surface area contributed by atoms with E-state index in [1.54, 1.807) is 24.3 Å². The fourth-order valence-electron chi connectivity index (χ4n) is 1.95. The van der Waals surface area contributed by atoms with Crippen LogP contribution in [-0.4, -0.2) is 18.1 Å². The van der Waals surface area contributed by atoms with Gasteiger partial charge in [0, 0.05) is 12.5 Å². The Balaban J connectivity index is 2.27. The van der Waals surface area contributed by atoms with Gasteiger partial charge in [0.05, 0.1) is 4.92 Å². The van der Waals surface area contributed by atoms with E-state index in [1.165, 1.54) is 0 Å². The second-order valence-electron chi connectivity index (χ2n) is 4.89. The summed E-state index contributed by atoms with van der Waals surface area (Å²) in [5, 5.41) is 11.0. The van der Waals surface area contributed by atoms with Gasteiger partial charge in [0.2, 0.25) is 5.70 Å². The summed E-state index contributed by atoms with van der Waals surface area (Å²) < 4.78 is 10.9. The van der Waals surface area contributed by atoms with Crippen LogP contribution in [0.5, 0.6) is 11.5 Å². The third-order valence-corrected chi connectivity index (χ3v) is 2.75. The molecule has 0 saturated heterocycles. The Hall–Kier alpha value is -2.04. The summed E-state index contributed by atoms with van der Waals surface area (Å²) in [6, 6.07) is 5.36. The molecule has 0 aromatic heterocycles. The van der Waals surface area contributed by atoms with Crippen LogP contribution in [0.3, 0.4) is 0 Å². The fraction of sp³-hybridized carbons (Fsp3) is 0.429. The molecule has 1 heterocycles. The van der Waals surface area contributed by atoms with Crippen LogP contribution in [-0.2, 0) is 0 Å². The minimum atomic E-state index is -0.323. The lowest BCUT2D eigenvalue weighted by atomic mass is 10.1. The summed E-state index contributed by atoms with van der Waals surface area (Å²) in [6.45, 7) is 4.96. The van der Waals surface area contributed by atoms with Crippen LogP contribution in [0.25, 0.3) is 6.08 Å². The van der Waals surface area contributed by atoms with Gasteiger partial charge in [0.25, 0.3) is 0 Å². The standard InChI is InChI=1S/C14H17NO4/c1-10(2)7-12(15(16)17)8-11-3-4-13-14(9-11)19-6-5-18-13/h3-4,8-10H,5-7H2,1-2H3/b12-8+. The first kappa shape index (κ1) is 13.4. The highest BCUT2D eigenvalue weighted by Crippen LogP contribution is 2.31. The topological polar surface area (TPSA) is 61.6 Å².